The van der Waals surface area contributed by atoms with Crippen molar-refractivity contribution in [2.45, 2.75) is 6.92 Å². The Morgan fingerprint density at radius 1 is 1.43 bits per heavy atom. The lowest BCUT2D eigenvalue weighted by Gasteiger charge is -2.05. The van der Waals surface area contributed by atoms with E-state index in [1.165, 1.54) is 0 Å². The fourth-order valence-corrected chi connectivity index (χ4v) is 1.48. The summed E-state index contributed by atoms with van der Waals surface area (Å²) in [4.78, 5) is 5.14. The van der Waals surface area contributed by atoms with Gasteiger partial charge in [0.1, 0.15) is 12.9 Å². The number of benzene rings is 1. The smallest absolute Gasteiger partial charge is 0.129 e. The molecule has 0 saturated heterocycles. The molecular formula is C11H12NO2. The minimum Gasteiger partial charge on any atom is -0.493 e. The summed E-state index contributed by atoms with van der Waals surface area (Å²) < 4.78 is 7.17. The van der Waals surface area contributed by atoms with Crippen LogP contribution < -0.4 is 9.57 Å². The molecule has 73 valence electrons. The van der Waals surface area contributed by atoms with Crippen LogP contribution in [0.1, 0.15) is 6.92 Å². The average molecular weight is 190 g/mol. The molecule has 2 rings (SSSR count). The van der Waals surface area contributed by atoms with Crippen molar-refractivity contribution in [2.75, 3.05) is 13.7 Å². The summed E-state index contributed by atoms with van der Waals surface area (Å²) in [7, 11) is 1.63. The molecule has 1 aromatic heterocycles. The maximum Gasteiger partial charge on any atom is 0.129 e. The van der Waals surface area contributed by atoms with Crippen LogP contribution >= 0.6 is 0 Å². The SMILES string of the molecule is CCOc1c[c]cc2c1ccn2OC. The molecule has 0 unspecified atom stereocenters. The highest BCUT2D eigenvalue weighted by molar-refractivity contribution is 5.86. The zero-order valence-corrected chi connectivity index (χ0v) is 8.28. The maximum absolute atomic E-state index is 5.48. The van der Waals surface area contributed by atoms with Crippen LogP contribution in [0.25, 0.3) is 10.9 Å². The first kappa shape index (κ1) is 8.94. The van der Waals surface area contributed by atoms with Gasteiger partial charge in [-0.3, -0.25) is 0 Å². The average Bonchev–Trinajstić information content (AvgIpc) is 2.62. The van der Waals surface area contributed by atoms with Crippen LogP contribution in [-0.2, 0) is 0 Å². The first-order valence-corrected chi connectivity index (χ1v) is 4.55. The van der Waals surface area contributed by atoms with Crippen molar-refractivity contribution in [3.05, 3.63) is 30.5 Å². The van der Waals surface area contributed by atoms with E-state index < -0.39 is 0 Å². The topological polar surface area (TPSA) is 23.4 Å². The Morgan fingerprint density at radius 2 is 2.29 bits per heavy atom. The van der Waals surface area contributed by atoms with Gasteiger partial charge in [0, 0.05) is 11.6 Å². The number of hydrogen-bond acceptors (Lipinski definition) is 2. The summed E-state index contributed by atoms with van der Waals surface area (Å²) in [6.07, 6.45) is 1.86. The number of ether oxygens (including phenoxy) is 1. The van der Waals surface area contributed by atoms with Crippen LogP contribution in [0.15, 0.2) is 24.4 Å². The van der Waals surface area contributed by atoms with Crippen LogP contribution in [0.2, 0.25) is 0 Å². The van der Waals surface area contributed by atoms with Crippen molar-refractivity contribution in [3.8, 4) is 5.75 Å². The van der Waals surface area contributed by atoms with Crippen molar-refractivity contribution in [1.29, 1.82) is 0 Å². The van der Waals surface area contributed by atoms with Gasteiger partial charge in [-0.25, -0.2) is 0 Å². The molecule has 1 aromatic carbocycles. The van der Waals surface area contributed by atoms with E-state index in [1.54, 1.807) is 11.8 Å². The van der Waals surface area contributed by atoms with Crippen LogP contribution in [-0.4, -0.2) is 18.4 Å². The van der Waals surface area contributed by atoms with E-state index in [-0.39, 0.29) is 0 Å². The molecule has 0 amide bonds. The van der Waals surface area contributed by atoms with Gasteiger partial charge in [-0.05, 0) is 31.2 Å². The third-order valence-corrected chi connectivity index (χ3v) is 2.09. The van der Waals surface area contributed by atoms with Crippen molar-refractivity contribution >= 4 is 10.9 Å². The highest BCUT2D eigenvalue weighted by Crippen LogP contribution is 2.25. The zero-order valence-electron chi connectivity index (χ0n) is 8.28. The highest BCUT2D eigenvalue weighted by atomic mass is 16.6. The molecule has 1 radical (unpaired) electrons. The van der Waals surface area contributed by atoms with E-state index in [1.807, 2.05) is 31.3 Å². The maximum atomic E-state index is 5.48. The van der Waals surface area contributed by atoms with Crippen molar-refractivity contribution in [3.63, 3.8) is 0 Å². The fourth-order valence-electron chi connectivity index (χ4n) is 1.48. The van der Waals surface area contributed by atoms with Gasteiger partial charge in [0.25, 0.3) is 0 Å². The normalized spacial score (nSPS) is 10.4. The Balaban J connectivity index is 2.58. The molecule has 1 heterocycles. The Morgan fingerprint density at radius 3 is 3.00 bits per heavy atom. The van der Waals surface area contributed by atoms with Crippen molar-refractivity contribution < 1.29 is 9.57 Å². The van der Waals surface area contributed by atoms with Gasteiger partial charge < -0.3 is 9.57 Å². The lowest BCUT2D eigenvalue weighted by atomic mass is 10.2. The molecule has 0 spiro atoms. The third-order valence-electron chi connectivity index (χ3n) is 2.09. The summed E-state index contributed by atoms with van der Waals surface area (Å²) in [5, 5.41) is 1.05. The van der Waals surface area contributed by atoms with E-state index in [0.717, 1.165) is 16.7 Å². The second-order valence-electron chi connectivity index (χ2n) is 2.88. The molecule has 14 heavy (non-hydrogen) atoms. The molecule has 0 aliphatic heterocycles. The predicted octanol–water partition coefficient (Wildman–Crippen LogP) is 1.90. The van der Waals surface area contributed by atoms with Crippen LogP contribution in [0, 0.1) is 6.07 Å². The number of hydrogen-bond donors (Lipinski definition) is 0. The molecule has 0 aliphatic carbocycles. The van der Waals surface area contributed by atoms with E-state index in [0.29, 0.717) is 6.61 Å². The highest BCUT2D eigenvalue weighted by Gasteiger charge is 2.05. The van der Waals surface area contributed by atoms with Gasteiger partial charge in [-0.15, -0.1) is 0 Å². The van der Waals surface area contributed by atoms with Gasteiger partial charge in [0.2, 0.25) is 0 Å². The quantitative estimate of drug-likeness (QED) is 0.738. The zero-order chi connectivity index (χ0) is 9.97. The minimum atomic E-state index is 0.658. The monoisotopic (exact) mass is 190 g/mol. The molecule has 0 N–H and O–H groups in total. The number of aromatic nitrogens is 1. The van der Waals surface area contributed by atoms with Crippen LogP contribution in [0.5, 0.6) is 5.75 Å². The lowest BCUT2D eigenvalue weighted by Crippen LogP contribution is -2.02. The summed E-state index contributed by atoms with van der Waals surface area (Å²) in [5.74, 6) is 0.848. The summed E-state index contributed by atoms with van der Waals surface area (Å²) >= 11 is 0. The van der Waals surface area contributed by atoms with Crippen LogP contribution in [0.3, 0.4) is 0 Å². The van der Waals surface area contributed by atoms with Gasteiger partial charge in [0.15, 0.2) is 0 Å². The largest absolute Gasteiger partial charge is 0.493 e. The van der Waals surface area contributed by atoms with Gasteiger partial charge in [-0.1, -0.05) is 0 Å². The van der Waals surface area contributed by atoms with Gasteiger partial charge in [-0.2, -0.15) is 4.73 Å². The number of rotatable bonds is 3. The predicted molar refractivity (Wildman–Crippen MR) is 54.4 cm³/mol. The summed E-state index contributed by atoms with van der Waals surface area (Å²) in [6, 6.07) is 8.71. The van der Waals surface area contributed by atoms with E-state index in [9.17, 15) is 0 Å². The molecule has 0 atom stereocenters. The molecule has 0 fully saturated rings. The Hall–Kier alpha value is -1.64. The van der Waals surface area contributed by atoms with E-state index in [2.05, 4.69) is 6.07 Å². The standard InChI is InChI=1S/C11H12NO2/c1-3-14-11-6-4-5-10-9(11)7-8-12(10)13-2/h5-8H,3H2,1-2H3. The first-order chi connectivity index (χ1) is 6.86. The second kappa shape index (κ2) is 3.62. The van der Waals surface area contributed by atoms with Crippen LogP contribution in [0.4, 0.5) is 0 Å². The molecular weight excluding hydrogens is 178 g/mol. The first-order valence-electron chi connectivity index (χ1n) is 4.55. The third kappa shape index (κ3) is 1.31. The van der Waals surface area contributed by atoms with E-state index >= 15 is 0 Å². The van der Waals surface area contributed by atoms with Crippen molar-refractivity contribution in [2.24, 2.45) is 0 Å². The number of fused-ring (bicyclic) bond motifs is 1. The molecule has 0 bridgehead atoms. The lowest BCUT2D eigenvalue weighted by molar-refractivity contribution is 0.179. The van der Waals surface area contributed by atoms with Gasteiger partial charge in [0.05, 0.1) is 12.1 Å². The minimum absolute atomic E-state index is 0.658. The molecule has 0 aliphatic rings. The Bertz CT molecular complexity index is 434. The molecule has 3 heteroatoms. The second-order valence-corrected chi connectivity index (χ2v) is 2.88. The number of nitrogens with zero attached hydrogens (tertiary/aromatic N) is 1. The summed E-state index contributed by atoms with van der Waals surface area (Å²) in [6.45, 7) is 2.62. The molecule has 0 saturated carbocycles. The fraction of sp³-hybridized carbons (Fsp3) is 0.273. The molecule has 3 nitrogen and oxygen atoms in total. The van der Waals surface area contributed by atoms with Crippen molar-refractivity contribution in [1.82, 2.24) is 4.73 Å². The Labute approximate surface area is 82.8 Å². The van der Waals surface area contributed by atoms with Gasteiger partial charge >= 0.3 is 0 Å². The Kier molecular flexibility index (Phi) is 2.31. The summed E-state index contributed by atoms with van der Waals surface area (Å²) in [5.41, 5.74) is 0.971. The molecule has 2 aromatic rings. The van der Waals surface area contributed by atoms with E-state index in [4.69, 9.17) is 9.57 Å².